The summed E-state index contributed by atoms with van der Waals surface area (Å²) in [6, 6.07) is 0. The van der Waals surface area contributed by atoms with Crippen LogP contribution in [0.3, 0.4) is 0 Å². The Morgan fingerprint density at radius 2 is 1.49 bits per heavy atom. The Labute approximate surface area is 209 Å². The number of likely N-dealkylation sites (tertiary alicyclic amines) is 1. The molecule has 1 aliphatic carbocycles. The average molecular weight is 496 g/mol. The van der Waals surface area contributed by atoms with Gasteiger partial charge in [-0.15, -0.1) is 0 Å². The van der Waals surface area contributed by atoms with Crippen LogP contribution < -0.4 is 0 Å². The largest absolute Gasteiger partial charge is 0.459 e. The SMILES string of the molecule is COC1(C)O[C@@H]2[C@@H](C#CCC(=O)OC(C)(C)C)C3(CC3)N(C(=O)OC(C)(C)C)C[C@H]2OC1(C)OC. The van der Waals surface area contributed by atoms with Crippen molar-refractivity contribution in [2.24, 2.45) is 5.92 Å². The fourth-order valence-electron chi connectivity index (χ4n) is 4.74. The molecule has 9 heteroatoms. The van der Waals surface area contributed by atoms with E-state index in [0.717, 1.165) is 12.8 Å². The quantitative estimate of drug-likeness (QED) is 0.433. The van der Waals surface area contributed by atoms with E-state index in [4.69, 9.17) is 28.4 Å². The third kappa shape index (κ3) is 5.61. The molecule has 2 saturated heterocycles. The van der Waals surface area contributed by atoms with Crippen molar-refractivity contribution < 1.29 is 38.0 Å². The molecule has 2 aliphatic heterocycles. The van der Waals surface area contributed by atoms with Crippen LogP contribution >= 0.6 is 0 Å². The maximum Gasteiger partial charge on any atom is 0.410 e. The third-order valence-corrected chi connectivity index (χ3v) is 6.80. The molecule has 5 atom stereocenters. The summed E-state index contributed by atoms with van der Waals surface area (Å²) in [5.41, 5.74) is -1.81. The molecule has 0 aromatic rings. The third-order valence-electron chi connectivity index (χ3n) is 6.80. The summed E-state index contributed by atoms with van der Waals surface area (Å²) < 4.78 is 35.4. The number of methoxy groups -OCH3 is 2. The molecule has 0 aromatic heterocycles. The van der Waals surface area contributed by atoms with Crippen LogP contribution in [0.15, 0.2) is 0 Å². The van der Waals surface area contributed by atoms with Crippen molar-refractivity contribution in [2.45, 2.75) is 115 Å². The number of carbonyl (C=O) groups is 2. The number of rotatable bonds is 3. The highest BCUT2D eigenvalue weighted by molar-refractivity contribution is 5.73. The number of hydrogen-bond acceptors (Lipinski definition) is 8. The molecule has 0 N–H and O–H groups in total. The lowest BCUT2D eigenvalue weighted by molar-refractivity contribution is -0.456. The van der Waals surface area contributed by atoms with Gasteiger partial charge in [-0.2, -0.15) is 0 Å². The number of esters is 1. The van der Waals surface area contributed by atoms with Gasteiger partial charge in [0.05, 0.1) is 18.0 Å². The van der Waals surface area contributed by atoms with Crippen molar-refractivity contribution in [1.82, 2.24) is 4.90 Å². The highest BCUT2D eigenvalue weighted by atomic mass is 16.8. The smallest absolute Gasteiger partial charge is 0.410 e. The highest BCUT2D eigenvalue weighted by Gasteiger charge is 2.68. The molecule has 9 nitrogen and oxygen atoms in total. The number of hydrogen-bond donors (Lipinski definition) is 0. The Bertz CT molecular complexity index is 890. The molecule has 3 fully saturated rings. The van der Waals surface area contributed by atoms with Gasteiger partial charge < -0.3 is 28.4 Å². The van der Waals surface area contributed by atoms with E-state index in [1.165, 1.54) is 14.2 Å². The van der Waals surface area contributed by atoms with Crippen LogP contribution in [0.5, 0.6) is 0 Å². The topological polar surface area (TPSA) is 92.8 Å². The van der Waals surface area contributed by atoms with E-state index in [1.807, 2.05) is 41.5 Å². The Morgan fingerprint density at radius 1 is 0.943 bits per heavy atom. The molecule has 0 radical (unpaired) electrons. The van der Waals surface area contributed by atoms with Crippen molar-refractivity contribution in [3.05, 3.63) is 0 Å². The molecule has 0 bridgehead atoms. The van der Waals surface area contributed by atoms with Gasteiger partial charge in [0.1, 0.15) is 29.8 Å². The minimum Gasteiger partial charge on any atom is -0.459 e. The fraction of sp³-hybridized carbons (Fsp3) is 0.846. The Morgan fingerprint density at radius 3 is 1.97 bits per heavy atom. The summed E-state index contributed by atoms with van der Waals surface area (Å²) in [6.45, 7) is 14.7. The van der Waals surface area contributed by atoms with Crippen LogP contribution in [-0.4, -0.2) is 78.2 Å². The molecule has 198 valence electrons. The van der Waals surface area contributed by atoms with Gasteiger partial charge in [-0.3, -0.25) is 9.69 Å². The van der Waals surface area contributed by atoms with Crippen molar-refractivity contribution in [3.63, 3.8) is 0 Å². The molecular formula is C26H41NO8. The monoisotopic (exact) mass is 495 g/mol. The normalized spacial score (nSPS) is 33.9. The minimum absolute atomic E-state index is 0.0636. The number of carbonyl (C=O) groups excluding carboxylic acids is 2. The van der Waals surface area contributed by atoms with Gasteiger partial charge >= 0.3 is 12.1 Å². The summed E-state index contributed by atoms with van der Waals surface area (Å²) >= 11 is 0. The lowest BCUT2D eigenvalue weighted by Gasteiger charge is -2.57. The molecule has 1 saturated carbocycles. The number of piperidine rings is 1. The van der Waals surface area contributed by atoms with Gasteiger partial charge in [0.15, 0.2) is 0 Å². The second-order valence-corrected chi connectivity index (χ2v) is 11.8. The number of amides is 1. The van der Waals surface area contributed by atoms with Gasteiger partial charge in [0.2, 0.25) is 11.6 Å². The molecule has 3 aliphatic rings. The fourth-order valence-corrected chi connectivity index (χ4v) is 4.74. The second kappa shape index (κ2) is 9.22. The summed E-state index contributed by atoms with van der Waals surface area (Å²) in [4.78, 5) is 27.3. The number of fused-ring (bicyclic) bond motifs is 1. The zero-order valence-electron chi connectivity index (χ0n) is 22.8. The first-order valence-electron chi connectivity index (χ1n) is 12.2. The summed E-state index contributed by atoms with van der Waals surface area (Å²) in [6.07, 6.45) is -0.0363. The summed E-state index contributed by atoms with van der Waals surface area (Å²) in [7, 11) is 3.06. The molecule has 1 amide bonds. The van der Waals surface area contributed by atoms with Crippen LogP contribution in [0, 0.1) is 17.8 Å². The van der Waals surface area contributed by atoms with E-state index in [2.05, 4.69) is 11.8 Å². The van der Waals surface area contributed by atoms with E-state index >= 15 is 0 Å². The van der Waals surface area contributed by atoms with Crippen LogP contribution in [0.25, 0.3) is 0 Å². The first kappa shape index (κ1) is 27.7. The Balaban J connectivity index is 1.96. The highest BCUT2D eigenvalue weighted by Crippen LogP contribution is 2.56. The predicted octanol–water partition coefficient (Wildman–Crippen LogP) is 3.63. The summed E-state index contributed by atoms with van der Waals surface area (Å²) in [5, 5.41) is 0. The molecule has 2 heterocycles. The van der Waals surface area contributed by atoms with Gasteiger partial charge in [-0.05, 0) is 68.2 Å². The van der Waals surface area contributed by atoms with Gasteiger partial charge in [0.25, 0.3) is 0 Å². The van der Waals surface area contributed by atoms with Gasteiger partial charge in [-0.1, -0.05) is 11.8 Å². The van der Waals surface area contributed by atoms with Crippen molar-refractivity contribution in [3.8, 4) is 11.8 Å². The Kier molecular flexibility index (Phi) is 7.30. The zero-order chi connectivity index (χ0) is 26.4. The van der Waals surface area contributed by atoms with Crippen molar-refractivity contribution in [2.75, 3.05) is 20.8 Å². The van der Waals surface area contributed by atoms with Gasteiger partial charge in [0, 0.05) is 14.2 Å². The molecule has 2 unspecified atom stereocenters. The molecular weight excluding hydrogens is 454 g/mol. The van der Waals surface area contributed by atoms with Crippen LogP contribution in [-0.2, 0) is 33.2 Å². The lowest BCUT2D eigenvalue weighted by atomic mass is 9.81. The van der Waals surface area contributed by atoms with Gasteiger partial charge in [-0.25, -0.2) is 4.79 Å². The average Bonchev–Trinajstić information content (AvgIpc) is 3.49. The van der Waals surface area contributed by atoms with Crippen LogP contribution in [0.1, 0.15) is 74.7 Å². The molecule has 35 heavy (non-hydrogen) atoms. The molecule has 1 spiro atoms. The summed E-state index contributed by atoms with van der Waals surface area (Å²) in [5.74, 6) is 2.97. The lowest BCUT2D eigenvalue weighted by Crippen LogP contribution is -2.72. The molecule has 3 rings (SSSR count). The van der Waals surface area contributed by atoms with E-state index < -0.39 is 58.5 Å². The number of nitrogens with zero attached hydrogens (tertiary/aromatic N) is 1. The first-order chi connectivity index (χ1) is 16.0. The van der Waals surface area contributed by atoms with E-state index in [-0.39, 0.29) is 13.0 Å². The van der Waals surface area contributed by atoms with Crippen molar-refractivity contribution in [1.29, 1.82) is 0 Å². The minimum atomic E-state index is -1.22. The van der Waals surface area contributed by atoms with E-state index in [1.54, 1.807) is 18.7 Å². The van der Waals surface area contributed by atoms with E-state index in [0.29, 0.717) is 0 Å². The Hall–Kier alpha value is -1.86. The predicted molar refractivity (Wildman–Crippen MR) is 127 cm³/mol. The first-order valence-corrected chi connectivity index (χ1v) is 12.2. The van der Waals surface area contributed by atoms with E-state index in [9.17, 15) is 9.59 Å². The van der Waals surface area contributed by atoms with Crippen LogP contribution in [0.4, 0.5) is 4.79 Å². The zero-order valence-corrected chi connectivity index (χ0v) is 22.8. The second-order valence-electron chi connectivity index (χ2n) is 11.8. The number of ether oxygens (including phenoxy) is 6. The van der Waals surface area contributed by atoms with Crippen LogP contribution in [0.2, 0.25) is 0 Å². The maximum atomic E-state index is 13.3. The maximum absolute atomic E-state index is 13.3. The standard InChI is InChI=1S/C26H41NO8/c1-22(2,3)33-19(28)13-11-12-17-20-18(32-24(7,30-9)25(8,31-10)34-20)16-27(26(17)14-15-26)21(29)35-23(4,5)6/h17-18,20H,13-16H2,1-10H3/t17-,18-,20-,24?,25?/m1/s1. The van der Waals surface area contributed by atoms with Crippen molar-refractivity contribution >= 4 is 12.1 Å². The molecule has 0 aromatic carbocycles.